The Kier molecular flexibility index (Phi) is 3.68. The Bertz CT molecular complexity index is 651. The summed E-state index contributed by atoms with van der Waals surface area (Å²) < 4.78 is 0. The van der Waals surface area contributed by atoms with Crippen LogP contribution in [0.5, 0.6) is 0 Å². The van der Waals surface area contributed by atoms with Crippen molar-refractivity contribution < 1.29 is 4.79 Å². The van der Waals surface area contributed by atoms with Gasteiger partial charge in [-0.05, 0) is 26.5 Å². The zero-order valence-corrected chi connectivity index (χ0v) is 12.8. The molecule has 1 amide bonds. The molecule has 1 aromatic heterocycles. The van der Waals surface area contributed by atoms with Gasteiger partial charge in [0.2, 0.25) is 0 Å². The van der Waals surface area contributed by atoms with Gasteiger partial charge in [0.15, 0.2) is 5.69 Å². The third-order valence-corrected chi connectivity index (χ3v) is 4.46. The van der Waals surface area contributed by atoms with E-state index >= 15 is 0 Å². The maximum Gasteiger partial charge on any atom is 0.275 e. The van der Waals surface area contributed by atoms with Crippen LogP contribution in [-0.2, 0) is 0 Å². The van der Waals surface area contributed by atoms with Crippen LogP contribution in [0.4, 0.5) is 0 Å². The van der Waals surface area contributed by atoms with E-state index in [1.165, 1.54) is 0 Å². The molecule has 0 aliphatic carbocycles. The topological polar surface area (TPSA) is 52.2 Å². The summed E-state index contributed by atoms with van der Waals surface area (Å²) >= 11 is 0. The molecule has 2 unspecified atom stereocenters. The van der Waals surface area contributed by atoms with Gasteiger partial charge in [0.1, 0.15) is 0 Å². The molecule has 3 rings (SSSR count). The van der Waals surface area contributed by atoms with E-state index in [1.807, 2.05) is 29.2 Å². The minimum Gasteiger partial charge on any atom is -0.332 e. The van der Waals surface area contributed by atoms with Crippen molar-refractivity contribution >= 4 is 16.8 Å². The Hall–Kier alpha value is -1.88. The molecule has 0 saturated carbocycles. The molecule has 0 spiro atoms. The Morgan fingerprint density at radius 2 is 2.05 bits per heavy atom. The van der Waals surface area contributed by atoms with Gasteiger partial charge < -0.3 is 4.90 Å². The fraction of sp³-hybridized carbons (Fsp3) is 0.500. The predicted molar refractivity (Wildman–Crippen MR) is 83.3 cm³/mol. The van der Waals surface area contributed by atoms with E-state index in [1.54, 1.807) is 0 Å². The number of H-pyrrole nitrogens is 1. The number of nitrogens with one attached hydrogen (secondary N) is 1. The number of hydrogen-bond acceptors (Lipinski definition) is 3. The number of carbonyl (C=O) groups excluding carboxylic acids is 1. The number of piperazine rings is 1. The highest BCUT2D eigenvalue weighted by molar-refractivity contribution is 6.04. The fourth-order valence-electron chi connectivity index (χ4n) is 3.18. The molecule has 2 atom stereocenters. The highest BCUT2D eigenvalue weighted by atomic mass is 16.2. The first-order valence-electron chi connectivity index (χ1n) is 7.60. The summed E-state index contributed by atoms with van der Waals surface area (Å²) in [4.78, 5) is 17.2. The van der Waals surface area contributed by atoms with Crippen LogP contribution in [0.25, 0.3) is 10.9 Å². The van der Waals surface area contributed by atoms with Crippen LogP contribution in [0.3, 0.4) is 0 Å². The first kappa shape index (κ1) is 14.1. The quantitative estimate of drug-likeness (QED) is 0.920. The second kappa shape index (κ2) is 5.48. The van der Waals surface area contributed by atoms with E-state index in [-0.39, 0.29) is 11.9 Å². The molecule has 2 aromatic rings. The SMILES string of the molecule is CCN1CC(C)N(C(=O)c2n[nH]c3ccccc23)CC1C. The van der Waals surface area contributed by atoms with Crippen LogP contribution in [0.1, 0.15) is 31.3 Å². The van der Waals surface area contributed by atoms with Gasteiger partial charge in [-0.3, -0.25) is 14.8 Å². The van der Waals surface area contributed by atoms with Gasteiger partial charge in [-0.15, -0.1) is 0 Å². The molecule has 0 radical (unpaired) electrons. The summed E-state index contributed by atoms with van der Waals surface area (Å²) in [5, 5.41) is 8.09. The van der Waals surface area contributed by atoms with Crippen molar-refractivity contribution in [2.75, 3.05) is 19.6 Å². The normalized spacial score (nSPS) is 23.7. The van der Waals surface area contributed by atoms with E-state index in [0.717, 1.165) is 30.5 Å². The average molecular weight is 286 g/mol. The van der Waals surface area contributed by atoms with E-state index in [2.05, 4.69) is 35.9 Å². The molecule has 112 valence electrons. The van der Waals surface area contributed by atoms with Crippen LogP contribution >= 0.6 is 0 Å². The molecule has 1 N–H and O–H groups in total. The number of carbonyl (C=O) groups is 1. The van der Waals surface area contributed by atoms with Crippen LogP contribution in [-0.4, -0.2) is 57.6 Å². The van der Waals surface area contributed by atoms with Crippen molar-refractivity contribution in [2.24, 2.45) is 0 Å². The lowest BCUT2D eigenvalue weighted by Crippen LogP contribution is -2.57. The molecule has 5 heteroatoms. The van der Waals surface area contributed by atoms with E-state index in [0.29, 0.717) is 11.7 Å². The molecule has 5 nitrogen and oxygen atoms in total. The largest absolute Gasteiger partial charge is 0.332 e. The third kappa shape index (κ3) is 2.42. The highest BCUT2D eigenvalue weighted by Crippen LogP contribution is 2.21. The monoisotopic (exact) mass is 286 g/mol. The third-order valence-electron chi connectivity index (χ3n) is 4.46. The van der Waals surface area contributed by atoms with Crippen molar-refractivity contribution in [1.82, 2.24) is 20.0 Å². The van der Waals surface area contributed by atoms with E-state index in [9.17, 15) is 4.79 Å². The lowest BCUT2D eigenvalue weighted by atomic mass is 10.1. The number of aromatic amines is 1. The van der Waals surface area contributed by atoms with Crippen molar-refractivity contribution in [1.29, 1.82) is 0 Å². The van der Waals surface area contributed by atoms with Gasteiger partial charge in [-0.25, -0.2) is 0 Å². The molecule has 21 heavy (non-hydrogen) atoms. The average Bonchev–Trinajstić information content (AvgIpc) is 2.92. The molecule has 2 heterocycles. The van der Waals surface area contributed by atoms with Crippen LogP contribution < -0.4 is 0 Å². The van der Waals surface area contributed by atoms with E-state index < -0.39 is 0 Å². The maximum absolute atomic E-state index is 12.9. The Morgan fingerprint density at radius 3 is 2.81 bits per heavy atom. The number of benzene rings is 1. The van der Waals surface area contributed by atoms with E-state index in [4.69, 9.17) is 0 Å². The zero-order valence-electron chi connectivity index (χ0n) is 12.8. The molecule has 1 saturated heterocycles. The van der Waals surface area contributed by atoms with Gasteiger partial charge in [-0.2, -0.15) is 5.10 Å². The lowest BCUT2D eigenvalue weighted by Gasteiger charge is -2.43. The van der Waals surface area contributed by atoms with Gasteiger partial charge in [-0.1, -0.05) is 25.1 Å². The number of hydrogen-bond donors (Lipinski definition) is 1. The van der Waals surface area contributed by atoms with Crippen LogP contribution in [0.2, 0.25) is 0 Å². The molecular weight excluding hydrogens is 264 g/mol. The van der Waals surface area contributed by atoms with Crippen LogP contribution in [0.15, 0.2) is 24.3 Å². The van der Waals surface area contributed by atoms with Crippen molar-refractivity contribution in [3.8, 4) is 0 Å². The number of fused-ring (bicyclic) bond motifs is 1. The number of amides is 1. The number of rotatable bonds is 2. The molecule has 1 fully saturated rings. The Morgan fingerprint density at radius 1 is 1.29 bits per heavy atom. The number of nitrogens with zero attached hydrogens (tertiary/aromatic N) is 3. The standard InChI is InChI=1S/C16H22N4O/c1-4-19-9-12(3)20(10-11(19)2)16(21)15-13-7-5-6-8-14(13)17-18-15/h5-8,11-12H,4,9-10H2,1-3H3,(H,17,18). The Balaban J connectivity index is 1.88. The zero-order chi connectivity index (χ0) is 15.0. The molecule has 1 aromatic carbocycles. The maximum atomic E-state index is 12.9. The lowest BCUT2D eigenvalue weighted by molar-refractivity contribution is 0.0332. The van der Waals surface area contributed by atoms with Crippen molar-refractivity contribution in [3.63, 3.8) is 0 Å². The number of para-hydroxylation sites is 1. The van der Waals surface area contributed by atoms with Gasteiger partial charge in [0.25, 0.3) is 5.91 Å². The predicted octanol–water partition coefficient (Wildman–Crippen LogP) is 2.12. The minimum absolute atomic E-state index is 0.0301. The van der Waals surface area contributed by atoms with Gasteiger partial charge in [0.05, 0.1) is 5.52 Å². The first-order chi connectivity index (χ1) is 10.1. The van der Waals surface area contributed by atoms with Gasteiger partial charge >= 0.3 is 0 Å². The summed E-state index contributed by atoms with van der Waals surface area (Å²) in [6.07, 6.45) is 0. The van der Waals surface area contributed by atoms with Crippen LogP contribution in [0, 0.1) is 0 Å². The second-order valence-corrected chi connectivity index (χ2v) is 5.86. The highest BCUT2D eigenvalue weighted by Gasteiger charge is 2.33. The summed E-state index contributed by atoms with van der Waals surface area (Å²) in [7, 11) is 0. The van der Waals surface area contributed by atoms with Crippen molar-refractivity contribution in [3.05, 3.63) is 30.0 Å². The Labute approximate surface area is 124 Å². The second-order valence-electron chi connectivity index (χ2n) is 5.86. The van der Waals surface area contributed by atoms with Crippen molar-refractivity contribution in [2.45, 2.75) is 32.9 Å². The minimum atomic E-state index is 0.0301. The van der Waals surface area contributed by atoms with Gasteiger partial charge in [0, 0.05) is 30.6 Å². The number of aromatic nitrogens is 2. The summed E-state index contributed by atoms with van der Waals surface area (Å²) in [6.45, 7) is 9.17. The molecule has 1 aliphatic rings. The summed E-state index contributed by atoms with van der Waals surface area (Å²) in [6, 6.07) is 8.38. The fourth-order valence-corrected chi connectivity index (χ4v) is 3.18. The molecular formula is C16H22N4O. The smallest absolute Gasteiger partial charge is 0.275 e. The number of likely N-dealkylation sites (N-methyl/N-ethyl adjacent to an activating group) is 1. The summed E-state index contributed by atoms with van der Waals surface area (Å²) in [5.74, 6) is 0.0301. The summed E-state index contributed by atoms with van der Waals surface area (Å²) in [5.41, 5.74) is 1.45. The molecule has 1 aliphatic heterocycles. The molecule has 0 bridgehead atoms. The first-order valence-corrected chi connectivity index (χ1v) is 7.60.